The third kappa shape index (κ3) is 5.97. The number of rotatable bonds is 4. The van der Waals surface area contributed by atoms with E-state index in [2.05, 4.69) is 10.2 Å². The molecule has 0 aromatic heterocycles. The molecule has 1 heterocycles. The number of aliphatic hydroxyl groups is 1. The molecule has 0 aliphatic carbocycles. The van der Waals surface area contributed by atoms with Crippen LogP contribution in [0, 0.1) is 0 Å². The Bertz CT molecular complexity index is 743. The first-order valence-corrected chi connectivity index (χ1v) is 9.94. The van der Waals surface area contributed by atoms with E-state index in [-0.39, 0.29) is 28.6 Å². The van der Waals surface area contributed by atoms with Crippen LogP contribution in [0.3, 0.4) is 0 Å². The molecular weight excluding hydrogens is 366 g/mol. The van der Waals surface area contributed by atoms with Crippen molar-refractivity contribution in [1.82, 2.24) is 10.2 Å². The van der Waals surface area contributed by atoms with E-state index in [9.17, 15) is 14.7 Å². The maximum Gasteiger partial charge on any atom is 0.424 e. The van der Waals surface area contributed by atoms with Crippen molar-refractivity contribution in [2.24, 2.45) is 0 Å². The van der Waals surface area contributed by atoms with Crippen molar-refractivity contribution in [2.75, 3.05) is 33.7 Å². The third-order valence-corrected chi connectivity index (χ3v) is 5.44. The molecule has 156 valence electrons. The predicted molar refractivity (Wildman–Crippen MR) is 114 cm³/mol. The normalized spacial score (nSPS) is 19.4. The molecular formula is C23H32N3O3+. The summed E-state index contributed by atoms with van der Waals surface area (Å²) in [6.45, 7) is 3.35. The summed E-state index contributed by atoms with van der Waals surface area (Å²) in [4.78, 5) is 27.0. The minimum Gasteiger partial charge on any atom is -0.392 e. The average molecular weight is 399 g/mol. The van der Waals surface area contributed by atoms with Crippen molar-refractivity contribution in [1.29, 1.82) is 0 Å². The smallest absolute Gasteiger partial charge is 0.392 e. The number of hydrogen-bond acceptors (Lipinski definition) is 4. The van der Waals surface area contributed by atoms with Gasteiger partial charge in [-0.15, -0.1) is 0 Å². The van der Waals surface area contributed by atoms with Crippen LogP contribution in [-0.2, 0) is 4.79 Å². The minimum atomic E-state index is -0.340. The Labute approximate surface area is 173 Å². The van der Waals surface area contributed by atoms with Gasteiger partial charge in [-0.3, -0.25) is 4.90 Å². The lowest BCUT2D eigenvalue weighted by molar-refractivity contribution is -0.786. The van der Waals surface area contributed by atoms with E-state index >= 15 is 0 Å². The van der Waals surface area contributed by atoms with Gasteiger partial charge in [0.15, 0.2) is 0 Å². The topological polar surface area (TPSA) is 69.6 Å². The predicted octanol–water partition coefficient (Wildman–Crippen LogP) is 2.81. The maximum absolute atomic E-state index is 12.5. The molecule has 3 amide bonds. The summed E-state index contributed by atoms with van der Waals surface area (Å²) >= 11 is 0. The SMILES string of the molecule is CNC(=O)[N+](C)(C(C)=O)C(CN1CCC(O)C1)c1ccccc1.c1ccccc1. The van der Waals surface area contributed by atoms with Crippen LogP contribution in [0.15, 0.2) is 66.7 Å². The first-order valence-electron chi connectivity index (χ1n) is 9.94. The van der Waals surface area contributed by atoms with Gasteiger partial charge in [-0.1, -0.05) is 66.7 Å². The minimum absolute atomic E-state index is 0.210. The number of imide groups is 1. The molecule has 2 aromatic carbocycles. The van der Waals surface area contributed by atoms with Crippen molar-refractivity contribution in [3.05, 3.63) is 72.3 Å². The number of benzene rings is 2. The van der Waals surface area contributed by atoms with E-state index in [0.717, 1.165) is 18.5 Å². The quantitative estimate of drug-likeness (QED) is 0.777. The lowest BCUT2D eigenvalue weighted by atomic mass is 10.0. The number of quaternary nitrogens is 1. The van der Waals surface area contributed by atoms with Gasteiger partial charge in [0.1, 0.15) is 6.04 Å². The second-order valence-electron chi connectivity index (χ2n) is 7.43. The summed E-state index contributed by atoms with van der Waals surface area (Å²) in [7, 11) is 3.20. The number of likely N-dealkylation sites (N-methyl/N-ethyl adjacent to an activating group) is 1. The number of likely N-dealkylation sites (tertiary alicyclic amines) is 1. The van der Waals surface area contributed by atoms with Crippen LogP contribution >= 0.6 is 0 Å². The van der Waals surface area contributed by atoms with E-state index in [0.29, 0.717) is 13.1 Å². The highest BCUT2D eigenvalue weighted by Crippen LogP contribution is 2.30. The summed E-state index contributed by atoms with van der Waals surface area (Å²) in [5, 5.41) is 12.4. The van der Waals surface area contributed by atoms with Gasteiger partial charge in [0.2, 0.25) is 0 Å². The van der Waals surface area contributed by atoms with E-state index < -0.39 is 0 Å². The Hall–Kier alpha value is -2.54. The fourth-order valence-electron chi connectivity index (χ4n) is 3.59. The van der Waals surface area contributed by atoms with Crippen LogP contribution in [0.25, 0.3) is 0 Å². The van der Waals surface area contributed by atoms with Crippen molar-refractivity contribution in [3.8, 4) is 0 Å². The number of aliphatic hydroxyl groups excluding tert-OH is 1. The third-order valence-electron chi connectivity index (χ3n) is 5.44. The molecule has 2 aromatic rings. The highest BCUT2D eigenvalue weighted by Gasteiger charge is 2.46. The highest BCUT2D eigenvalue weighted by molar-refractivity contribution is 5.82. The number of amides is 3. The van der Waals surface area contributed by atoms with E-state index in [1.807, 2.05) is 66.7 Å². The molecule has 2 N–H and O–H groups in total. The molecule has 0 spiro atoms. The highest BCUT2D eigenvalue weighted by atomic mass is 16.3. The Morgan fingerprint density at radius 2 is 1.62 bits per heavy atom. The zero-order valence-electron chi connectivity index (χ0n) is 17.5. The number of urea groups is 1. The second kappa shape index (κ2) is 10.9. The molecule has 0 saturated carbocycles. The Morgan fingerprint density at radius 3 is 2.03 bits per heavy atom. The van der Waals surface area contributed by atoms with Gasteiger partial charge in [0.05, 0.1) is 26.6 Å². The summed E-state index contributed by atoms with van der Waals surface area (Å²) in [6.07, 6.45) is 0.396. The van der Waals surface area contributed by atoms with Crippen LogP contribution in [0.5, 0.6) is 0 Å². The zero-order chi connectivity index (χ0) is 21.3. The van der Waals surface area contributed by atoms with Gasteiger partial charge < -0.3 is 10.4 Å². The monoisotopic (exact) mass is 398 g/mol. The number of β-amino-alcohol motifs (C(OH)–C–C–N with tert-alkyl or cyclic N) is 1. The summed E-state index contributed by atoms with van der Waals surface area (Å²) in [6, 6.07) is 21.0. The molecule has 1 aliphatic rings. The fraction of sp³-hybridized carbons (Fsp3) is 0.391. The van der Waals surface area contributed by atoms with Crippen molar-refractivity contribution in [2.45, 2.75) is 25.5 Å². The van der Waals surface area contributed by atoms with Crippen molar-refractivity contribution in [3.63, 3.8) is 0 Å². The zero-order valence-corrected chi connectivity index (χ0v) is 17.5. The first kappa shape index (κ1) is 22.7. The van der Waals surface area contributed by atoms with Crippen molar-refractivity contribution < 1.29 is 19.2 Å². The van der Waals surface area contributed by atoms with Gasteiger partial charge in [-0.25, -0.2) is 9.59 Å². The number of carbonyl (C=O) groups excluding carboxylic acids is 2. The molecule has 1 fully saturated rings. The number of hydrogen-bond donors (Lipinski definition) is 2. The molecule has 29 heavy (non-hydrogen) atoms. The van der Waals surface area contributed by atoms with Gasteiger partial charge in [0.25, 0.3) is 0 Å². The lowest BCUT2D eigenvalue weighted by Crippen LogP contribution is -2.60. The van der Waals surface area contributed by atoms with Crippen LogP contribution in [0.4, 0.5) is 4.79 Å². The average Bonchev–Trinajstić information content (AvgIpc) is 3.17. The maximum atomic E-state index is 12.5. The molecule has 0 radical (unpaired) electrons. The standard InChI is InChI=1S/C17H25N3O3.C6H6/c1-13(21)20(3,17(23)18-2)16(14-7-5-4-6-8-14)12-19-10-9-15(22)11-19;1-2-4-6-5-3-1/h4-8,15-16,22H,9-12H2,1-3H3;1-6H/p+1. The number of carbonyl (C=O) groups is 2. The summed E-state index contributed by atoms with van der Waals surface area (Å²) in [5.41, 5.74) is 0.940. The molecule has 1 saturated heterocycles. The Balaban J connectivity index is 0.000000426. The second-order valence-corrected chi connectivity index (χ2v) is 7.43. The molecule has 6 nitrogen and oxygen atoms in total. The van der Waals surface area contributed by atoms with Crippen LogP contribution in [0.2, 0.25) is 0 Å². The molecule has 3 rings (SSSR count). The molecule has 6 heteroatoms. The van der Waals surface area contributed by atoms with E-state index in [1.165, 1.54) is 6.92 Å². The van der Waals surface area contributed by atoms with Crippen LogP contribution in [-0.4, -0.2) is 66.3 Å². The molecule has 1 aliphatic heterocycles. The van der Waals surface area contributed by atoms with E-state index in [1.54, 1.807) is 14.1 Å². The van der Waals surface area contributed by atoms with Gasteiger partial charge in [-0.2, -0.15) is 4.48 Å². The van der Waals surface area contributed by atoms with E-state index in [4.69, 9.17) is 0 Å². The lowest BCUT2D eigenvalue weighted by Gasteiger charge is -2.37. The Morgan fingerprint density at radius 1 is 1.10 bits per heavy atom. The number of nitrogens with zero attached hydrogens (tertiary/aromatic N) is 2. The molecule has 0 bridgehead atoms. The number of nitrogens with one attached hydrogen (secondary N) is 1. The largest absolute Gasteiger partial charge is 0.424 e. The van der Waals surface area contributed by atoms with Crippen LogP contribution < -0.4 is 5.32 Å². The summed E-state index contributed by atoms with van der Waals surface area (Å²) in [5.74, 6) is -0.210. The van der Waals surface area contributed by atoms with Gasteiger partial charge in [-0.05, 0) is 6.42 Å². The van der Waals surface area contributed by atoms with Gasteiger partial charge in [0, 0.05) is 25.7 Å². The van der Waals surface area contributed by atoms with Crippen LogP contribution in [0.1, 0.15) is 24.9 Å². The molecule has 3 atom stereocenters. The van der Waals surface area contributed by atoms with Crippen molar-refractivity contribution >= 4 is 11.9 Å². The summed E-state index contributed by atoms with van der Waals surface area (Å²) < 4.78 is -0.340. The first-order chi connectivity index (χ1) is 13.9. The molecule has 3 unspecified atom stereocenters. The fourth-order valence-corrected chi connectivity index (χ4v) is 3.59. The Kier molecular flexibility index (Phi) is 8.51. The van der Waals surface area contributed by atoms with Gasteiger partial charge >= 0.3 is 11.9 Å².